The summed E-state index contributed by atoms with van der Waals surface area (Å²) in [4.78, 5) is 14.4. The molecule has 0 saturated carbocycles. The third-order valence-electron chi connectivity index (χ3n) is 4.34. The van der Waals surface area contributed by atoms with Crippen molar-refractivity contribution < 1.29 is 9.13 Å². The lowest BCUT2D eigenvalue weighted by Gasteiger charge is -2.20. The summed E-state index contributed by atoms with van der Waals surface area (Å²) in [6, 6.07) is 7.46. The molecule has 1 aliphatic rings. The molecule has 1 saturated heterocycles. The van der Waals surface area contributed by atoms with E-state index in [1.165, 1.54) is 42.8 Å². The van der Waals surface area contributed by atoms with Gasteiger partial charge in [0.15, 0.2) is 0 Å². The fraction of sp³-hybridized carbons (Fsp3) is 0.444. The van der Waals surface area contributed by atoms with Gasteiger partial charge in [-0.2, -0.15) is 5.10 Å². The van der Waals surface area contributed by atoms with Crippen molar-refractivity contribution in [2.45, 2.75) is 32.4 Å². The summed E-state index contributed by atoms with van der Waals surface area (Å²) < 4.78 is 20.1. The summed E-state index contributed by atoms with van der Waals surface area (Å²) >= 11 is 0. The minimum atomic E-state index is -0.367. The summed E-state index contributed by atoms with van der Waals surface area (Å²) in [6.45, 7) is 2.45. The highest BCUT2D eigenvalue weighted by Gasteiger charge is 2.13. The molecule has 0 unspecified atom stereocenters. The van der Waals surface area contributed by atoms with Gasteiger partial charge < -0.3 is 4.74 Å². The maximum atomic E-state index is 13.4. The first kappa shape index (κ1) is 16.6. The van der Waals surface area contributed by atoms with Crippen LogP contribution in [0, 0.1) is 5.82 Å². The van der Waals surface area contributed by atoms with E-state index in [-0.39, 0.29) is 11.4 Å². The van der Waals surface area contributed by atoms with E-state index in [1.54, 1.807) is 12.1 Å². The lowest BCUT2D eigenvalue weighted by atomic mass is 10.1. The van der Waals surface area contributed by atoms with Crippen molar-refractivity contribution in [1.82, 2.24) is 14.7 Å². The van der Waals surface area contributed by atoms with Crippen molar-refractivity contribution in [3.8, 4) is 17.0 Å². The standard InChI is InChI=1S/C18H22FN3O2/c1-24-17-12-14(19)6-7-15(17)16-8-9-18(23)22(20-16)13-21-10-4-2-3-5-11-21/h6-9,12H,2-5,10-11,13H2,1H3. The Kier molecular flexibility index (Phi) is 5.25. The van der Waals surface area contributed by atoms with E-state index in [2.05, 4.69) is 10.00 Å². The van der Waals surface area contributed by atoms with Gasteiger partial charge in [0.2, 0.25) is 0 Å². The highest BCUT2D eigenvalue weighted by atomic mass is 19.1. The largest absolute Gasteiger partial charge is 0.496 e. The van der Waals surface area contributed by atoms with Crippen LogP contribution in [-0.4, -0.2) is 34.9 Å². The van der Waals surface area contributed by atoms with E-state index in [0.29, 0.717) is 23.7 Å². The smallest absolute Gasteiger partial charge is 0.268 e. The van der Waals surface area contributed by atoms with Crippen LogP contribution in [0.5, 0.6) is 5.75 Å². The second-order valence-electron chi connectivity index (χ2n) is 6.07. The molecule has 0 spiro atoms. The molecule has 5 nitrogen and oxygen atoms in total. The molecule has 3 rings (SSSR count). The Hall–Kier alpha value is -2.21. The monoisotopic (exact) mass is 331 g/mol. The number of halogens is 1. The number of ether oxygens (including phenoxy) is 1. The normalized spacial score (nSPS) is 15.9. The van der Waals surface area contributed by atoms with Crippen LogP contribution in [0.3, 0.4) is 0 Å². The van der Waals surface area contributed by atoms with Crippen LogP contribution >= 0.6 is 0 Å². The van der Waals surface area contributed by atoms with Crippen LogP contribution in [0.15, 0.2) is 35.1 Å². The van der Waals surface area contributed by atoms with Crippen LogP contribution in [0.1, 0.15) is 25.7 Å². The molecule has 1 aromatic heterocycles. The molecule has 0 amide bonds. The molecule has 0 atom stereocenters. The number of aromatic nitrogens is 2. The molecule has 2 heterocycles. The van der Waals surface area contributed by atoms with E-state index in [4.69, 9.17) is 4.74 Å². The molecule has 0 aliphatic carbocycles. The highest BCUT2D eigenvalue weighted by molar-refractivity contribution is 5.66. The average Bonchev–Trinajstić information content (AvgIpc) is 2.85. The summed E-state index contributed by atoms with van der Waals surface area (Å²) in [5, 5.41) is 4.47. The van der Waals surface area contributed by atoms with Gasteiger partial charge in [-0.1, -0.05) is 12.8 Å². The fourth-order valence-electron chi connectivity index (χ4n) is 3.04. The van der Waals surface area contributed by atoms with Gasteiger partial charge in [-0.05, 0) is 44.1 Å². The molecule has 0 radical (unpaired) electrons. The number of likely N-dealkylation sites (tertiary alicyclic amines) is 1. The third kappa shape index (κ3) is 3.82. The van der Waals surface area contributed by atoms with Crippen LogP contribution < -0.4 is 10.3 Å². The Morgan fingerprint density at radius 2 is 1.88 bits per heavy atom. The second kappa shape index (κ2) is 7.57. The molecule has 0 N–H and O–H groups in total. The topological polar surface area (TPSA) is 47.4 Å². The molecule has 6 heteroatoms. The van der Waals surface area contributed by atoms with Gasteiger partial charge in [-0.25, -0.2) is 9.07 Å². The van der Waals surface area contributed by atoms with Crippen molar-refractivity contribution in [3.05, 3.63) is 46.5 Å². The first-order chi connectivity index (χ1) is 11.7. The Morgan fingerprint density at radius 1 is 1.12 bits per heavy atom. The van der Waals surface area contributed by atoms with Gasteiger partial charge in [0.1, 0.15) is 11.6 Å². The SMILES string of the molecule is COc1cc(F)ccc1-c1ccc(=O)n(CN2CCCCCC2)n1. The average molecular weight is 331 g/mol. The van der Waals surface area contributed by atoms with Crippen LogP contribution in [0.2, 0.25) is 0 Å². The Bertz CT molecular complexity index is 752. The zero-order valence-electron chi connectivity index (χ0n) is 13.9. The Labute approximate surface area is 140 Å². The molecule has 0 bridgehead atoms. The van der Waals surface area contributed by atoms with Gasteiger partial charge in [0.05, 0.1) is 19.5 Å². The van der Waals surface area contributed by atoms with E-state index in [9.17, 15) is 9.18 Å². The van der Waals surface area contributed by atoms with Crippen LogP contribution in [0.4, 0.5) is 4.39 Å². The molecular formula is C18H22FN3O2. The minimum absolute atomic E-state index is 0.135. The van der Waals surface area contributed by atoms with E-state index >= 15 is 0 Å². The van der Waals surface area contributed by atoms with Crippen molar-refractivity contribution in [2.75, 3.05) is 20.2 Å². The van der Waals surface area contributed by atoms with Crippen molar-refractivity contribution in [1.29, 1.82) is 0 Å². The van der Waals surface area contributed by atoms with Crippen molar-refractivity contribution >= 4 is 0 Å². The van der Waals surface area contributed by atoms with Gasteiger partial charge in [0, 0.05) is 17.7 Å². The maximum absolute atomic E-state index is 13.4. The number of rotatable bonds is 4. The molecule has 128 valence electrons. The Balaban J connectivity index is 1.90. The molecule has 1 aromatic carbocycles. The predicted molar refractivity (Wildman–Crippen MR) is 90.5 cm³/mol. The maximum Gasteiger partial charge on any atom is 0.268 e. The van der Waals surface area contributed by atoms with Gasteiger partial charge in [-0.3, -0.25) is 9.69 Å². The molecule has 24 heavy (non-hydrogen) atoms. The van der Waals surface area contributed by atoms with E-state index < -0.39 is 0 Å². The lowest BCUT2D eigenvalue weighted by molar-refractivity contribution is 0.210. The first-order valence-corrected chi connectivity index (χ1v) is 8.32. The minimum Gasteiger partial charge on any atom is -0.496 e. The predicted octanol–water partition coefficient (Wildman–Crippen LogP) is 2.89. The van der Waals surface area contributed by atoms with Gasteiger partial charge in [-0.15, -0.1) is 0 Å². The van der Waals surface area contributed by atoms with Gasteiger partial charge >= 0.3 is 0 Å². The van der Waals surface area contributed by atoms with Crippen molar-refractivity contribution in [3.63, 3.8) is 0 Å². The summed E-state index contributed by atoms with van der Waals surface area (Å²) in [6.07, 6.45) is 4.79. The zero-order valence-corrected chi connectivity index (χ0v) is 13.9. The molecule has 1 aliphatic heterocycles. The quantitative estimate of drug-likeness (QED) is 0.864. The number of benzene rings is 1. The molecule has 1 fully saturated rings. The first-order valence-electron chi connectivity index (χ1n) is 8.32. The molecule has 2 aromatic rings. The zero-order chi connectivity index (χ0) is 16.9. The lowest BCUT2D eigenvalue weighted by Crippen LogP contribution is -2.34. The van der Waals surface area contributed by atoms with E-state index in [1.807, 2.05) is 0 Å². The highest BCUT2D eigenvalue weighted by Crippen LogP contribution is 2.28. The van der Waals surface area contributed by atoms with Crippen LogP contribution in [0.25, 0.3) is 11.3 Å². The van der Waals surface area contributed by atoms with Crippen LogP contribution in [-0.2, 0) is 6.67 Å². The number of nitrogens with zero attached hydrogens (tertiary/aromatic N) is 3. The summed E-state index contributed by atoms with van der Waals surface area (Å²) in [5.74, 6) is 0.0379. The van der Waals surface area contributed by atoms with Gasteiger partial charge in [0.25, 0.3) is 5.56 Å². The second-order valence-corrected chi connectivity index (χ2v) is 6.07. The summed E-state index contributed by atoms with van der Waals surface area (Å²) in [7, 11) is 1.49. The number of hydrogen-bond donors (Lipinski definition) is 0. The third-order valence-corrected chi connectivity index (χ3v) is 4.34. The molecular weight excluding hydrogens is 309 g/mol. The summed E-state index contributed by atoms with van der Waals surface area (Å²) in [5.41, 5.74) is 1.13. The van der Waals surface area contributed by atoms with Crippen molar-refractivity contribution in [2.24, 2.45) is 0 Å². The Morgan fingerprint density at radius 3 is 2.58 bits per heavy atom. The fourth-order valence-corrected chi connectivity index (χ4v) is 3.04. The van der Waals surface area contributed by atoms with E-state index in [0.717, 1.165) is 25.9 Å². The number of hydrogen-bond acceptors (Lipinski definition) is 4. The number of methoxy groups -OCH3 is 1.